The lowest BCUT2D eigenvalue weighted by atomic mass is 9.87. The Bertz CT molecular complexity index is 517. The number of nitrogens with one attached hydrogen (secondary N) is 1. The van der Waals surface area contributed by atoms with Crippen molar-refractivity contribution in [3.63, 3.8) is 0 Å². The maximum Gasteiger partial charge on any atom is 0.244 e. The van der Waals surface area contributed by atoms with E-state index < -0.39 is 0 Å². The molecule has 1 saturated carbocycles. The van der Waals surface area contributed by atoms with Crippen LogP contribution in [0.5, 0.6) is 0 Å². The molecule has 0 radical (unpaired) electrons. The van der Waals surface area contributed by atoms with Gasteiger partial charge >= 0.3 is 0 Å². The van der Waals surface area contributed by atoms with Crippen molar-refractivity contribution in [2.24, 2.45) is 5.92 Å². The molecule has 1 aliphatic rings. The quantitative estimate of drug-likeness (QED) is 0.855. The Hall–Kier alpha value is -2.08. The molecule has 0 unspecified atom stereocenters. The summed E-state index contributed by atoms with van der Waals surface area (Å²) >= 11 is 0. The maximum atomic E-state index is 11.8. The third-order valence-electron chi connectivity index (χ3n) is 3.83. The zero-order valence-corrected chi connectivity index (χ0v) is 11.8. The molecule has 3 nitrogen and oxygen atoms in total. The molecule has 0 bridgehead atoms. The highest BCUT2D eigenvalue weighted by molar-refractivity contribution is 5.91. The summed E-state index contributed by atoms with van der Waals surface area (Å²) in [6.45, 7) is 2.27. The molecule has 0 spiro atoms. The van der Waals surface area contributed by atoms with Gasteiger partial charge in [0.1, 0.15) is 0 Å². The number of benzene rings is 1. The van der Waals surface area contributed by atoms with Crippen molar-refractivity contribution in [3.05, 3.63) is 41.5 Å². The number of rotatable bonds is 3. The SMILES string of the molecule is CC1CCC(NC(=O)/C=C/c2ccc(C#N)cc2)CC1. The van der Waals surface area contributed by atoms with E-state index in [-0.39, 0.29) is 5.91 Å². The van der Waals surface area contributed by atoms with Gasteiger partial charge < -0.3 is 5.32 Å². The van der Waals surface area contributed by atoms with Crippen LogP contribution >= 0.6 is 0 Å². The van der Waals surface area contributed by atoms with Crippen LogP contribution in [0.25, 0.3) is 6.08 Å². The number of carbonyl (C=O) groups excluding carboxylic acids is 1. The lowest BCUT2D eigenvalue weighted by molar-refractivity contribution is -0.117. The van der Waals surface area contributed by atoms with E-state index in [1.54, 1.807) is 24.3 Å². The molecule has 3 heteroatoms. The van der Waals surface area contributed by atoms with Crippen LogP contribution in [0, 0.1) is 17.2 Å². The van der Waals surface area contributed by atoms with Crippen LogP contribution in [0.1, 0.15) is 43.7 Å². The van der Waals surface area contributed by atoms with Crippen LogP contribution in [0.4, 0.5) is 0 Å². The number of amides is 1. The van der Waals surface area contributed by atoms with E-state index in [0.29, 0.717) is 11.6 Å². The molecule has 0 saturated heterocycles. The normalized spacial score (nSPS) is 22.4. The average Bonchev–Trinajstić information content (AvgIpc) is 2.48. The molecular formula is C17H20N2O. The Balaban J connectivity index is 1.84. The lowest BCUT2D eigenvalue weighted by Gasteiger charge is -2.26. The molecule has 20 heavy (non-hydrogen) atoms. The number of nitrogens with zero attached hydrogens (tertiary/aromatic N) is 1. The van der Waals surface area contributed by atoms with Crippen LogP contribution in [0.15, 0.2) is 30.3 Å². The number of hydrogen-bond acceptors (Lipinski definition) is 2. The number of carbonyl (C=O) groups is 1. The van der Waals surface area contributed by atoms with Gasteiger partial charge in [-0.15, -0.1) is 0 Å². The van der Waals surface area contributed by atoms with Gasteiger partial charge in [-0.1, -0.05) is 19.1 Å². The van der Waals surface area contributed by atoms with E-state index in [2.05, 4.69) is 18.3 Å². The fourth-order valence-corrected chi connectivity index (χ4v) is 2.49. The molecule has 0 atom stereocenters. The summed E-state index contributed by atoms with van der Waals surface area (Å²) in [6.07, 6.45) is 7.91. The van der Waals surface area contributed by atoms with E-state index in [9.17, 15) is 4.79 Å². The van der Waals surface area contributed by atoms with Gasteiger partial charge in [-0.2, -0.15) is 5.26 Å². The van der Waals surface area contributed by atoms with E-state index in [1.807, 2.05) is 12.1 Å². The lowest BCUT2D eigenvalue weighted by Crippen LogP contribution is -2.36. The molecule has 1 fully saturated rings. The number of hydrogen-bond donors (Lipinski definition) is 1. The van der Waals surface area contributed by atoms with Crippen LogP contribution in [0.3, 0.4) is 0 Å². The molecule has 0 aliphatic heterocycles. The fourth-order valence-electron chi connectivity index (χ4n) is 2.49. The first kappa shape index (κ1) is 14.3. The van der Waals surface area contributed by atoms with Crippen molar-refractivity contribution in [2.45, 2.75) is 38.6 Å². The maximum absolute atomic E-state index is 11.8. The summed E-state index contributed by atoms with van der Waals surface area (Å²) in [5.74, 6) is 0.756. The summed E-state index contributed by atoms with van der Waals surface area (Å²) in [5, 5.41) is 11.8. The third kappa shape index (κ3) is 4.24. The topological polar surface area (TPSA) is 52.9 Å². The molecule has 2 rings (SSSR count). The van der Waals surface area contributed by atoms with Crippen molar-refractivity contribution < 1.29 is 4.79 Å². The smallest absolute Gasteiger partial charge is 0.244 e. The van der Waals surface area contributed by atoms with Crippen molar-refractivity contribution in [1.29, 1.82) is 5.26 Å². The minimum Gasteiger partial charge on any atom is -0.350 e. The Morgan fingerprint density at radius 1 is 1.25 bits per heavy atom. The predicted molar refractivity (Wildman–Crippen MR) is 79.8 cm³/mol. The first-order chi connectivity index (χ1) is 9.67. The first-order valence-corrected chi connectivity index (χ1v) is 7.16. The Morgan fingerprint density at radius 2 is 1.90 bits per heavy atom. The van der Waals surface area contributed by atoms with Gasteiger partial charge in [0.15, 0.2) is 0 Å². The average molecular weight is 268 g/mol. The Kier molecular flexibility index (Phi) is 4.95. The molecule has 0 heterocycles. The Morgan fingerprint density at radius 3 is 2.50 bits per heavy atom. The van der Waals surface area contributed by atoms with Gasteiger partial charge in [0.2, 0.25) is 5.91 Å². The van der Waals surface area contributed by atoms with E-state index in [0.717, 1.165) is 24.3 Å². The molecule has 0 aromatic heterocycles. The summed E-state index contributed by atoms with van der Waals surface area (Å²) in [6, 6.07) is 9.57. The van der Waals surface area contributed by atoms with Gasteiger partial charge in [-0.25, -0.2) is 0 Å². The second-order valence-electron chi connectivity index (χ2n) is 5.53. The molecule has 104 valence electrons. The monoisotopic (exact) mass is 268 g/mol. The molecule has 1 aliphatic carbocycles. The molecular weight excluding hydrogens is 248 g/mol. The minimum atomic E-state index is -0.0334. The second-order valence-corrected chi connectivity index (χ2v) is 5.53. The summed E-state index contributed by atoms with van der Waals surface area (Å²) in [7, 11) is 0. The highest BCUT2D eigenvalue weighted by Crippen LogP contribution is 2.23. The van der Waals surface area contributed by atoms with Crippen molar-refractivity contribution in [2.75, 3.05) is 0 Å². The van der Waals surface area contributed by atoms with Crippen LogP contribution < -0.4 is 5.32 Å². The van der Waals surface area contributed by atoms with E-state index in [1.165, 1.54) is 12.8 Å². The number of nitriles is 1. The van der Waals surface area contributed by atoms with Crippen molar-refractivity contribution in [3.8, 4) is 6.07 Å². The molecule has 1 aromatic rings. The standard InChI is InChI=1S/C17H20N2O/c1-13-2-9-16(10-3-13)19-17(20)11-8-14-4-6-15(12-18)7-5-14/h4-8,11,13,16H,2-3,9-10H2,1H3,(H,19,20)/b11-8+. The van der Waals surface area contributed by atoms with Crippen LogP contribution in [0.2, 0.25) is 0 Å². The first-order valence-electron chi connectivity index (χ1n) is 7.16. The fraction of sp³-hybridized carbons (Fsp3) is 0.412. The predicted octanol–water partition coefficient (Wildman–Crippen LogP) is 3.27. The summed E-state index contributed by atoms with van der Waals surface area (Å²) in [5.41, 5.74) is 1.55. The van der Waals surface area contributed by atoms with Gasteiger partial charge in [0.25, 0.3) is 0 Å². The van der Waals surface area contributed by atoms with Crippen LogP contribution in [-0.4, -0.2) is 11.9 Å². The summed E-state index contributed by atoms with van der Waals surface area (Å²) in [4.78, 5) is 11.8. The second kappa shape index (κ2) is 6.91. The largest absolute Gasteiger partial charge is 0.350 e. The van der Waals surface area contributed by atoms with Gasteiger partial charge in [-0.3, -0.25) is 4.79 Å². The molecule has 1 N–H and O–H groups in total. The zero-order chi connectivity index (χ0) is 14.4. The van der Waals surface area contributed by atoms with Gasteiger partial charge in [-0.05, 0) is 55.4 Å². The highest BCUT2D eigenvalue weighted by Gasteiger charge is 2.18. The summed E-state index contributed by atoms with van der Waals surface area (Å²) < 4.78 is 0. The molecule has 1 amide bonds. The zero-order valence-electron chi connectivity index (χ0n) is 11.8. The van der Waals surface area contributed by atoms with Gasteiger partial charge in [0.05, 0.1) is 11.6 Å². The van der Waals surface area contributed by atoms with E-state index in [4.69, 9.17) is 5.26 Å². The molecule has 1 aromatic carbocycles. The Labute approximate surface area is 120 Å². The highest BCUT2D eigenvalue weighted by atomic mass is 16.1. The third-order valence-corrected chi connectivity index (χ3v) is 3.83. The van der Waals surface area contributed by atoms with Crippen molar-refractivity contribution >= 4 is 12.0 Å². The van der Waals surface area contributed by atoms with Crippen molar-refractivity contribution in [1.82, 2.24) is 5.32 Å². The van der Waals surface area contributed by atoms with E-state index >= 15 is 0 Å². The minimum absolute atomic E-state index is 0.0334. The van der Waals surface area contributed by atoms with Gasteiger partial charge in [0, 0.05) is 12.1 Å². The van der Waals surface area contributed by atoms with Crippen LogP contribution in [-0.2, 0) is 4.79 Å².